The molecule has 3 heteroatoms. The summed E-state index contributed by atoms with van der Waals surface area (Å²) in [6.07, 6.45) is 3.78. The lowest BCUT2D eigenvalue weighted by Gasteiger charge is -2.18. The Morgan fingerprint density at radius 3 is 2.31 bits per heavy atom. The molecule has 16 heavy (non-hydrogen) atoms. The van der Waals surface area contributed by atoms with E-state index in [0.717, 1.165) is 44.6 Å². The van der Waals surface area contributed by atoms with Crippen molar-refractivity contribution in [3.05, 3.63) is 0 Å². The zero-order valence-corrected chi connectivity index (χ0v) is 11.0. The minimum Gasteiger partial charge on any atom is -0.353 e. The molecule has 0 radical (unpaired) electrons. The van der Waals surface area contributed by atoms with Crippen LogP contribution < -0.4 is 5.32 Å². The molecule has 0 heterocycles. The van der Waals surface area contributed by atoms with Crippen LogP contribution in [0, 0.1) is 11.8 Å². The molecule has 0 spiro atoms. The summed E-state index contributed by atoms with van der Waals surface area (Å²) in [4.78, 5) is 0. The molecule has 0 amide bonds. The van der Waals surface area contributed by atoms with Crippen LogP contribution in [0.1, 0.15) is 40.0 Å². The summed E-state index contributed by atoms with van der Waals surface area (Å²) in [5.74, 6) is 1.82. The van der Waals surface area contributed by atoms with Gasteiger partial charge in [0.2, 0.25) is 0 Å². The average Bonchev–Trinajstić information content (AvgIpc) is 3.08. The second-order valence-corrected chi connectivity index (χ2v) is 4.65. The van der Waals surface area contributed by atoms with Gasteiger partial charge in [0, 0.05) is 19.6 Å². The van der Waals surface area contributed by atoms with E-state index < -0.39 is 0 Å². The van der Waals surface area contributed by atoms with Gasteiger partial charge in [0.05, 0.1) is 0 Å². The molecule has 1 aliphatic rings. The lowest BCUT2D eigenvalue weighted by Crippen LogP contribution is -2.28. The van der Waals surface area contributed by atoms with Gasteiger partial charge < -0.3 is 14.8 Å². The molecule has 0 bridgehead atoms. The van der Waals surface area contributed by atoms with Crippen molar-refractivity contribution in [1.82, 2.24) is 5.32 Å². The fraction of sp³-hybridized carbons (Fsp3) is 1.00. The molecule has 0 aliphatic heterocycles. The zero-order valence-electron chi connectivity index (χ0n) is 11.0. The average molecular weight is 229 g/mol. The molecule has 1 rings (SSSR count). The Balaban J connectivity index is 1.98. The number of hydrogen-bond donors (Lipinski definition) is 1. The van der Waals surface area contributed by atoms with E-state index in [1.54, 1.807) is 0 Å². The van der Waals surface area contributed by atoms with Crippen molar-refractivity contribution in [2.45, 2.75) is 46.3 Å². The molecule has 1 saturated carbocycles. The summed E-state index contributed by atoms with van der Waals surface area (Å²) < 4.78 is 11.0. The number of nitrogens with one attached hydrogen (secondary N) is 1. The van der Waals surface area contributed by atoms with Gasteiger partial charge in [-0.3, -0.25) is 0 Å². The molecule has 1 fully saturated rings. The highest BCUT2D eigenvalue weighted by atomic mass is 16.7. The predicted molar refractivity (Wildman–Crippen MR) is 66.4 cm³/mol. The highest BCUT2D eigenvalue weighted by molar-refractivity contribution is 4.79. The van der Waals surface area contributed by atoms with Crippen molar-refractivity contribution >= 4 is 0 Å². The summed E-state index contributed by atoms with van der Waals surface area (Å²) in [6.45, 7) is 9.93. The van der Waals surface area contributed by atoms with Gasteiger partial charge in [-0.05, 0) is 51.6 Å². The minimum absolute atomic E-state index is 0.0290. The Hall–Kier alpha value is -0.120. The van der Waals surface area contributed by atoms with E-state index in [4.69, 9.17) is 9.47 Å². The lowest BCUT2D eigenvalue weighted by molar-refractivity contribution is -0.138. The van der Waals surface area contributed by atoms with Gasteiger partial charge in [-0.25, -0.2) is 0 Å². The van der Waals surface area contributed by atoms with Crippen LogP contribution in [0.5, 0.6) is 0 Å². The van der Waals surface area contributed by atoms with Crippen LogP contribution in [0.3, 0.4) is 0 Å². The van der Waals surface area contributed by atoms with Gasteiger partial charge in [-0.15, -0.1) is 0 Å². The van der Waals surface area contributed by atoms with E-state index in [0.29, 0.717) is 0 Å². The normalized spacial score (nSPS) is 18.0. The van der Waals surface area contributed by atoms with Gasteiger partial charge in [-0.1, -0.05) is 6.92 Å². The molecule has 0 saturated heterocycles. The molecule has 1 atom stereocenters. The van der Waals surface area contributed by atoms with Crippen molar-refractivity contribution in [2.24, 2.45) is 11.8 Å². The predicted octanol–water partition coefficient (Wildman–Crippen LogP) is 2.41. The molecule has 1 N–H and O–H groups in total. The van der Waals surface area contributed by atoms with Gasteiger partial charge in [0.25, 0.3) is 0 Å². The van der Waals surface area contributed by atoms with Crippen LogP contribution in [-0.4, -0.2) is 32.6 Å². The Kier molecular flexibility index (Phi) is 7.01. The monoisotopic (exact) mass is 229 g/mol. The van der Waals surface area contributed by atoms with Crippen molar-refractivity contribution in [3.8, 4) is 0 Å². The van der Waals surface area contributed by atoms with Gasteiger partial charge in [0.1, 0.15) is 0 Å². The molecule has 96 valence electrons. The van der Waals surface area contributed by atoms with E-state index in [1.165, 1.54) is 12.8 Å². The molecule has 3 nitrogen and oxygen atoms in total. The molecule has 0 aromatic carbocycles. The van der Waals surface area contributed by atoms with Gasteiger partial charge in [-0.2, -0.15) is 0 Å². The molecule has 0 aromatic heterocycles. The molecule has 1 aliphatic carbocycles. The maximum Gasteiger partial charge on any atom is 0.158 e. The largest absolute Gasteiger partial charge is 0.353 e. The van der Waals surface area contributed by atoms with E-state index in [2.05, 4.69) is 12.2 Å². The molecular formula is C13H27NO2. The maximum absolute atomic E-state index is 5.49. The third-order valence-electron chi connectivity index (χ3n) is 3.15. The fourth-order valence-corrected chi connectivity index (χ4v) is 1.97. The van der Waals surface area contributed by atoms with E-state index in [1.807, 2.05) is 13.8 Å². The highest BCUT2D eigenvalue weighted by Gasteiger charge is 2.27. The van der Waals surface area contributed by atoms with Gasteiger partial charge in [0.15, 0.2) is 6.29 Å². The second kappa shape index (κ2) is 8.04. The minimum atomic E-state index is -0.0290. The first-order chi connectivity index (χ1) is 7.77. The topological polar surface area (TPSA) is 30.5 Å². The third kappa shape index (κ3) is 5.83. The van der Waals surface area contributed by atoms with E-state index >= 15 is 0 Å². The standard InChI is InChI=1S/C13H27NO2/c1-4-15-13(16-5-2)8-9-14-10-11(3)12-6-7-12/h11-14H,4-10H2,1-3H3. The van der Waals surface area contributed by atoms with Crippen molar-refractivity contribution < 1.29 is 9.47 Å². The Morgan fingerprint density at radius 1 is 1.19 bits per heavy atom. The maximum atomic E-state index is 5.49. The van der Waals surface area contributed by atoms with Crippen LogP contribution in [0.2, 0.25) is 0 Å². The molecule has 0 aromatic rings. The van der Waals surface area contributed by atoms with Crippen LogP contribution >= 0.6 is 0 Å². The SMILES string of the molecule is CCOC(CCNCC(C)C1CC1)OCC. The lowest BCUT2D eigenvalue weighted by atomic mass is 10.1. The van der Waals surface area contributed by atoms with E-state index in [-0.39, 0.29) is 6.29 Å². The van der Waals surface area contributed by atoms with Crippen molar-refractivity contribution in [1.29, 1.82) is 0 Å². The van der Waals surface area contributed by atoms with Crippen LogP contribution in [0.4, 0.5) is 0 Å². The van der Waals surface area contributed by atoms with Crippen LogP contribution in [-0.2, 0) is 9.47 Å². The Bertz CT molecular complexity index is 165. The van der Waals surface area contributed by atoms with Gasteiger partial charge >= 0.3 is 0 Å². The second-order valence-electron chi connectivity index (χ2n) is 4.65. The van der Waals surface area contributed by atoms with Crippen LogP contribution in [0.25, 0.3) is 0 Å². The summed E-state index contributed by atoms with van der Waals surface area (Å²) in [5, 5.41) is 3.49. The first-order valence-electron chi connectivity index (χ1n) is 6.71. The summed E-state index contributed by atoms with van der Waals surface area (Å²) in [5.41, 5.74) is 0. The first kappa shape index (κ1) is 13.9. The Morgan fingerprint density at radius 2 is 1.81 bits per heavy atom. The fourth-order valence-electron chi connectivity index (χ4n) is 1.97. The number of hydrogen-bond acceptors (Lipinski definition) is 3. The number of rotatable bonds is 10. The summed E-state index contributed by atoms with van der Waals surface area (Å²) in [6, 6.07) is 0. The summed E-state index contributed by atoms with van der Waals surface area (Å²) in [7, 11) is 0. The summed E-state index contributed by atoms with van der Waals surface area (Å²) >= 11 is 0. The number of ether oxygens (including phenoxy) is 2. The Labute approximate surface area is 99.9 Å². The van der Waals surface area contributed by atoms with Crippen LogP contribution in [0.15, 0.2) is 0 Å². The van der Waals surface area contributed by atoms with Crippen molar-refractivity contribution in [2.75, 3.05) is 26.3 Å². The zero-order chi connectivity index (χ0) is 11.8. The smallest absolute Gasteiger partial charge is 0.158 e. The third-order valence-corrected chi connectivity index (χ3v) is 3.15. The molecule has 1 unspecified atom stereocenters. The molecular weight excluding hydrogens is 202 g/mol. The first-order valence-corrected chi connectivity index (χ1v) is 6.71. The van der Waals surface area contributed by atoms with Crippen molar-refractivity contribution in [3.63, 3.8) is 0 Å². The highest BCUT2D eigenvalue weighted by Crippen LogP contribution is 2.35. The quantitative estimate of drug-likeness (QED) is 0.461. The van der Waals surface area contributed by atoms with E-state index in [9.17, 15) is 0 Å².